The fourth-order valence-corrected chi connectivity index (χ4v) is 2.41. The minimum Gasteiger partial charge on any atom is -0.394 e. The average molecular weight is 281 g/mol. The summed E-state index contributed by atoms with van der Waals surface area (Å²) in [5, 5.41) is 23.8. The van der Waals surface area contributed by atoms with Crippen molar-refractivity contribution in [1.82, 2.24) is 0 Å². The van der Waals surface area contributed by atoms with E-state index in [0.717, 1.165) is 0 Å². The highest BCUT2D eigenvalue weighted by molar-refractivity contribution is 5.77. The van der Waals surface area contributed by atoms with Crippen molar-refractivity contribution >= 4 is 17.1 Å². The van der Waals surface area contributed by atoms with Crippen LogP contribution >= 0.6 is 0 Å². The second-order valence-corrected chi connectivity index (χ2v) is 4.57. The molecule has 7 nitrogen and oxygen atoms in total. The fourth-order valence-electron chi connectivity index (χ4n) is 2.41. The SMILES string of the molecule is CCNc1cccc(N2CCOCC2CO)c1[N+](=O)[O-]. The van der Waals surface area contributed by atoms with Gasteiger partial charge in [-0.25, -0.2) is 0 Å². The third kappa shape index (κ3) is 2.83. The summed E-state index contributed by atoms with van der Waals surface area (Å²) in [5.74, 6) is 0. The standard InChI is InChI=1S/C13H19N3O4/c1-2-14-11-4-3-5-12(13(11)16(18)19)15-6-7-20-9-10(15)8-17/h3-5,10,14,17H,2,6-9H2,1H3. The summed E-state index contributed by atoms with van der Waals surface area (Å²) in [7, 11) is 0. The topological polar surface area (TPSA) is 87.9 Å². The minimum atomic E-state index is -0.378. The van der Waals surface area contributed by atoms with Gasteiger partial charge in [-0.1, -0.05) is 6.07 Å². The zero-order valence-electron chi connectivity index (χ0n) is 11.4. The number of nitro benzene ring substituents is 1. The quantitative estimate of drug-likeness (QED) is 0.623. The van der Waals surface area contributed by atoms with Crippen molar-refractivity contribution in [2.75, 3.05) is 43.1 Å². The molecule has 1 atom stereocenters. The number of para-hydroxylation sites is 1. The van der Waals surface area contributed by atoms with Crippen LogP contribution in [0.25, 0.3) is 0 Å². The van der Waals surface area contributed by atoms with Crippen molar-refractivity contribution in [1.29, 1.82) is 0 Å². The van der Waals surface area contributed by atoms with Crippen LogP contribution in [0.2, 0.25) is 0 Å². The molecule has 1 unspecified atom stereocenters. The molecule has 1 aromatic rings. The number of hydrogen-bond acceptors (Lipinski definition) is 6. The van der Waals surface area contributed by atoms with Crippen molar-refractivity contribution in [2.24, 2.45) is 0 Å². The Hall–Kier alpha value is -1.86. The Balaban J connectivity index is 2.43. The lowest BCUT2D eigenvalue weighted by molar-refractivity contribution is -0.383. The predicted octanol–water partition coefficient (Wildman–Crippen LogP) is 1.22. The van der Waals surface area contributed by atoms with E-state index in [1.165, 1.54) is 0 Å². The number of rotatable bonds is 5. The highest BCUT2D eigenvalue weighted by Gasteiger charge is 2.30. The molecule has 0 amide bonds. The Kier molecular flexibility index (Phi) is 4.75. The molecule has 1 fully saturated rings. The van der Waals surface area contributed by atoms with Gasteiger partial charge in [0.15, 0.2) is 0 Å². The number of ether oxygens (including phenoxy) is 1. The Morgan fingerprint density at radius 1 is 1.60 bits per heavy atom. The largest absolute Gasteiger partial charge is 0.394 e. The van der Waals surface area contributed by atoms with Crippen molar-refractivity contribution in [3.05, 3.63) is 28.3 Å². The third-order valence-electron chi connectivity index (χ3n) is 3.31. The molecule has 110 valence electrons. The van der Waals surface area contributed by atoms with Crippen LogP contribution in [-0.4, -0.2) is 49.0 Å². The third-order valence-corrected chi connectivity index (χ3v) is 3.31. The van der Waals surface area contributed by atoms with E-state index in [2.05, 4.69) is 5.32 Å². The first-order valence-electron chi connectivity index (χ1n) is 6.65. The Morgan fingerprint density at radius 2 is 2.40 bits per heavy atom. The van der Waals surface area contributed by atoms with E-state index in [0.29, 0.717) is 37.7 Å². The molecule has 0 aromatic heterocycles. The number of nitrogens with zero attached hydrogens (tertiary/aromatic N) is 2. The molecule has 0 bridgehead atoms. The van der Waals surface area contributed by atoms with Gasteiger partial charge in [0, 0.05) is 13.1 Å². The molecule has 1 aromatic carbocycles. The van der Waals surface area contributed by atoms with E-state index in [1.54, 1.807) is 18.2 Å². The van der Waals surface area contributed by atoms with Gasteiger partial charge in [-0.2, -0.15) is 0 Å². The summed E-state index contributed by atoms with van der Waals surface area (Å²) in [5.41, 5.74) is 1.07. The van der Waals surface area contributed by atoms with E-state index >= 15 is 0 Å². The summed E-state index contributed by atoms with van der Waals surface area (Å²) < 4.78 is 5.32. The predicted molar refractivity (Wildman–Crippen MR) is 76.3 cm³/mol. The summed E-state index contributed by atoms with van der Waals surface area (Å²) in [4.78, 5) is 12.9. The van der Waals surface area contributed by atoms with Gasteiger partial charge in [0.2, 0.25) is 0 Å². The number of nitrogens with one attached hydrogen (secondary N) is 1. The zero-order valence-corrected chi connectivity index (χ0v) is 11.4. The van der Waals surface area contributed by atoms with E-state index in [4.69, 9.17) is 4.74 Å². The van der Waals surface area contributed by atoms with Crippen LogP contribution in [-0.2, 0) is 4.74 Å². The van der Waals surface area contributed by atoms with Gasteiger partial charge in [0.05, 0.1) is 30.8 Å². The van der Waals surface area contributed by atoms with Crippen LogP contribution < -0.4 is 10.2 Å². The maximum atomic E-state index is 11.4. The lowest BCUT2D eigenvalue weighted by Gasteiger charge is -2.36. The van der Waals surface area contributed by atoms with Crippen LogP contribution in [0.1, 0.15) is 6.92 Å². The molecular weight excluding hydrogens is 262 g/mol. The number of morpholine rings is 1. The van der Waals surface area contributed by atoms with E-state index in [1.807, 2.05) is 11.8 Å². The molecule has 0 saturated carbocycles. The van der Waals surface area contributed by atoms with Crippen LogP contribution in [0.3, 0.4) is 0 Å². The van der Waals surface area contributed by atoms with Gasteiger partial charge in [-0.05, 0) is 19.1 Å². The normalized spacial score (nSPS) is 18.9. The van der Waals surface area contributed by atoms with Gasteiger partial charge in [-0.3, -0.25) is 10.1 Å². The van der Waals surface area contributed by atoms with E-state index < -0.39 is 0 Å². The van der Waals surface area contributed by atoms with Gasteiger partial charge in [0.1, 0.15) is 11.4 Å². The van der Waals surface area contributed by atoms with E-state index in [9.17, 15) is 15.2 Å². The van der Waals surface area contributed by atoms with Crippen LogP contribution in [0.5, 0.6) is 0 Å². The molecule has 1 saturated heterocycles. The molecular formula is C13H19N3O4. The second-order valence-electron chi connectivity index (χ2n) is 4.57. The number of hydrogen-bond donors (Lipinski definition) is 2. The summed E-state index contributed by atoms with van der Waals surface area (Å²) in [6.07, 6.45) is 0. The molecule has 2 N–H and O–H groups in total. The monoisotopic (exact) mass is 281 g/mol. The highest BCUT2D eigenvalue weighted by Crippen LogP contribution is 2.36. The van der Waals surface area contributed by atoms with E-state index in [-0.39, 0.29) is 23.3 Å². The van der Waals surface area contributed by atoms with Gasteiger partial charge in [0.25, 0.3) is 0 Å². The molecule has 0 aliphatic carbocycles. The summed E-state index contributed by atoms with van der Waals surface area (Å²) in [6, 6.07) is 4.94. The van der Waals surface area contributed by atoms with Crippen molar-refractivity contribution < 1.29 is 14.8 Å². The molecule has 1 aliphatic rings. The Bertz CT molecular complexity index is 481. The summed E-state index contributed by atoms with van der Waals surface area (Å²) >= 11 is 0. The molecule has 20 heavy (non-hydrogen) atoms. The van der Waals surface area contributed by atoms with Gasteiger partial charge < -0.3 is 20.1 Å². The average Bonchev–Trinajstić information content (AvgIpc) is 2.47. The maximum Gasteiger partial charge on any atom is 0.315 e. The number of aliphatic hydroxyl groups excluding tert-OH is 1. The number of anilines is 2. The highest BCUT2D eigenvalue weighted by atomic mass is 16.6. The van der Waals surface area contributed by atoms with Gasteiger partial charge in [-0.15, -0.1) is 0 Å². The first-order valence-corrected chi connectivity index (χ1v) is 6.65. The number of aliphatic hydroxyl groups is 1. The smallest absolute Gasteiger partial charge is 0.315 e. The van der Waals surface area contributed by atoms with Crippen molar-refractivity contribution in [2.45, 2.75) is 13.0 Å². The molecule has 0 spiro atoms. The number of nitro groups is 1. The maximum absolute atomic E-state index is 11.4. The zero-order chi connectivity index (χ0) is 14.5. The van der Waals surface area contributed by atoms with Crippen LogP contribution in [0.4, 0.5) is 17.1 Å². The molecule has 1 aliphatic heterocycles. The molecule has 7 heteroatoms. The second kappa shape index (κ2) is 6.53. The lowest BCUT2D eigenvalue weighted by Crippen LogP contribution is -2.47. The Labute approximate surface area is 117 Å². The van der Waals surface area contributed by atoms with Gasteiger partial charge >= 0.3 is 5.69 Å². The summed E-state index contributed by atoms with van der Waals surface area (Å²) in [6.45, 7) is 3.81. The molecule has 2 rings (SSSR count). The first-order chi connectivity index (χ1) is 9.69. The van der Waals surface area contributed by atoms with Crippen molar-refractivity contribution in [3.63, 3.8) is 0 Å². The lowest BCUT2D eigenvalue weighted by atomic mass is 10.1. The minimum absolute atomic E-state index is 0.0506. The fraction of sp³-hybridized carbons (Fsp3) is 0.538. The van der Waals surface area contributed by atoms with Crippen molar-refractivity contribution in [3.8, 4) is 0 Å². The molecule has 1 heterocycles. The number of benzene rings is 1. The first kappa shape index (κ1) is 14.5. The van der Waals surface area contributed by atoms with Crippen LogP contribution in [0.15, 0.2) is 18.2 Å². The van der Waals surface area contributed by atoms with Crippen LogP contribution in [0, 0.1) is 10.1 Å². The Morgan fingerprint density at radius 3 is 3.05 bits per heavy atom. The molecule has 0 radical (unpaired) electrons.